The van der Waals surface area contributed by atoms with Gasteiger partial charge in [0.2, 0.25) is 5.91 Å². The first kappa shape index (κ1) is 13.1. The molecule has 4 unspecified atom stereocenters. The molecule has 4 rings (SSSR count). The lowest BCUT2D eigenvalue weighted by Gasteiger charge is -2.34. The van der Waals surface area contributed by atoms with Crippen LogP contribution in [0.3, 0.4) is 0 Å². The monoisotopic (exact) mass is 278 g/mol. The lowest BCUT2D eigenvalue weighted by Crippen LogP contribution is -2.49. The smallest absolute Gasteiger partial charge is 0.244 e. The van der Waals surface area contributed by atoms with Crippen LogP contribution in [-0.4, -0.2) is 40.8 Å². The van der Waals surface area contributed by atoms with Crippen LogP contribution in [0, 0.1) is 0 Å². The quantitative estimate of drug-likeness (QED) is 0.860. The van der Waals surface area contributed by atoms with E-state index in [2.05, 4.69) is 17.1 Å². The van der Waals surface area contributed by atoms with Crippen molar-refractivity contribution in [3.05, 3.63) is 0 Å². The van der Waals surface area contributed by atoms with Gasteiger partial charge in [0, 0.05) is 0 Å². The molecule has 0 aromatic rings. The van der Waals surface area contributed by atoms with Gasteiger partial charge in [-0.3, -0.25) is 10.1 Å². The third kappa shape index (κ3) is 1.77. The highest BCUT2D eigenvalue weighted by Gasteiger charge is 2.57. The fourth-order valence-electron chi connectivity index (χ4n) is 4.95. The molecule has 1 saturated carbocycles. The second-order valence-electron chi connectivity index (χ2n) is 7.13. The SMILES string of the molecule is CCCC1NC2(CCCC2)C(=O)N1C1CC2CCC1O2. The first-order chi connectivity index (χ1) is 9.73. The van der Waals surface area contributed by atoms with Crippen LogP contribution in [-0.2, 0) is 9.53 Å². The summed E-state index contributed by atoms with van der Waals surface area (Å²) in [4.78, 5) is 15.3. The standard InChI is InChI=1S/C16H26N2O2/c1-2-5-14-17-16(8-3-4-9-16)15(19)18(14)12-10-11-6-7-13(12)20-11/h11-14,17H,2-10H2,1H3. The molecule has 1 amide bonds. The van der Waals surface area contributed by atoms with Crippen LogP contribution < -0.4 is 5.32 Å². The van der Waals surface area contributed by atoms with Crippen LogP contribution >= 0.6 is 0 Å². The van der Waals surface area contributed by atoms with Crippen LogP contribution in [0.2, 0.25) is 0 Å². The Hall–Kier alpha value is -0.610. The third-order valence-corrected chi connectivity index (χ3v) is 5.87. The van der Waals surface area contributed by atoms with Crippen molar-refractivity contribution in [3.63, 3.8) is 0 Å². The van der Waals surface area contributed by atoms with Crippen LogP contribution in [0.25, 0.3) is 0 Å². The maximum absolute atomic E-state index is 13.1. The van der Waals surface area contributed by atoms with Crippen molar-refractivity contribution >= 4 is 5.91 Å². The molecule has 3 heterocycles. The second-order valence-corrected chi connectivity index (χ2v) is 7.13. The summed E-state index contributed by atoms with van der Waals surface area (Å²) in [6, 6.07) is 0.338. The molecule has 4 heteroatoms. The molecule has 0 aromatic carbocycles. The summed E-state index contributed by atoms with van der Waals surface area (Å²) < 4.78 is 6.00. The Morgan fingerprint density at radius 3 is 2.75 bits per heavy atom. The Morgan fingerprint density at radius 2 is 2.15 bits per heavy atom. The summed E-state index contributed by atoms with van der Waals surface area (Å²) in [5.41, 5.74) is -0.221. The highest BCUT2D eigenvalue weighted by atomic mass is 16.5. The lowest BCUT2D eigenvalue weighted by molar-refractivity contribution is -0.136. The summed E-state index contributed by atoms with van der Waals surface area (Å²) in [5, 5.41) is 3.72. The molecule has 1 spiro atoms. The molecule has 20 heavy (non-hydrogen) atoms. The van der Waals surface area contributed by atoms with Crippen molar-refractivity contribution in [1.29, 1.82) is 0 Å². The minimum Gasteiger partial charge on any atom is -0.373 e. The van der Waals surface area contributed by atoms with Crippen molar-refractivity contribution in [2.24, 2.45) is 0 Å². The summed E-state index contributed by atoms with van der Waals surface area (Å²) >= 11 is 0. The predicted molar refractivity (Wildman–Crippen MR) is 76.2 cm³/mol. The van der Waals surface area contributed by atoms with Gasteiger partial charge < -0.3 is 9.64 Å². The maximum Gasteiger partial charge on any atom is 0.244 e. The Bertz CT molecular complexity index is 405. The number of ether oxygens (including phenoxy) is 1. The summed E-state index contributed by atoms with van der Waals surface area (Å²) in [6.07, 6.45) is 11.0. The number of hydrogen-bond acceptors (Lipinski definition) is 3. The molecule has 4 fully saturated rings. The van der Waals surface area contributed by atoms with E-state index in [1.165, 1.54) is 19.3 Å². The van der Waals surface area contributed by atoms with Gasteiger partial charge in [0.05, 0.1) is 30.0 Å². The van der Waals surface area contributed by atoms with Crippen molar-refractivity contribution in [1.82, 2.24) is 10.2 Å². The molecule has 4 atom stereocenters. The first-order valence-corrected chi connectivity index (χ1v) is 8.49. The van der Waals surface area contributed by atoms with Gasteiger partial charge in [-0.25, -0.2) is 0 Å². The summed E-state index contributed by atoms with van der Waals surface area (Å²) in [6.45, 7) is 2.21. The molecule has 112 valence electrons. The summed E-state index contributed by atoms with van der Waals surface area (Å²) in [5.74, 6) is 0.384. The fourth-order valence-corrected chi connectivity index (χ4v) is 4.95. The fraction of sp³-hybridized carbons (Fsp3) is 0.938. The van der Waals surface area contributed by atoms with Gasteiger partial charge in [0.1, 0.15) is 0 Å². The molecule has 4 aliphatic rings. The van der Waals surface area contributed by atoms with Crippen LogP contribution in [0.1, 0.15) is 64.7 Å². The van der Waals surface area contributed by atoms with E-state index < -0.39 is 0 Å². The van der Waals surface area contributed by atoms with Crippen molar-refractivity contribution in [3.8, 4) is 0 Å². The average molecular weight is 278 g/mol. The van der Waals surface area contributed by atoms with Gasteiger partial charge in [-0.05, 0) is 38.5 Å². The molecule has 1 aliphatic carbocycles. The van der Waals surface area contributed by atoms with Crippen molar-refractivity contribution in [2.75, 3.05) is 0 Å². The maximum atomic E-state index is 13.1. The molecule has 4 nitrogen and oxygen atoms in total. The van der Waals surface area contributed by atoms with E-state index in [4.69, 9.17) is 4.74 Å². The summed E-state index contributed by atoms with van der Waals surface area (Å²) in [7, 11) is 0. The Kier molecular flexibility index (Phi) is 3.08. The van der Waals surface area contributed by atoms with Gasteiger partial charge in [-0.1, -0.05) is 26.2 Å². The Labute approximate surface area is 121 Å². The average Bonchev–Trinajstić information content (AvgIpc) is 3.18. The first-order valence-electron chi connectivity index (χ1n) is 8.49. The highest BCUT2D eigenvalue weighted by Crippen LogP contribution is 2.43. The van der Waals surface area contributed by atoms with E-state index in [9.17, 15) is 4.79 Å². The number of amides is 1. The Balaban J connectivity index is 1.60. The van der Waals surface area contributed by atoms with Crippen LogP contribution in [0.15, 0.2) is 0 Å². The number of nitrogens with zero attached hydrogens (tertiary/aromatic N) is 1. The van der Waals surface area contributed by atoms with Gasteiger partial charge in [-0.2, -0.15) is 0 Å². The topological polar surface area (TPSA) is 41.6 Å². The predicted octanol–water partition coefficient (Wildman–Crippen LogP) is 2.18. The molecule has 0 aromatic heterocycles. The molecule has 3 saturated heterocycles. The number of nitrogens with one attached hydrogen (secondary N) is 1. The van der Waals surface area contributed by atoms with Crippen molar-refractivity contribution < 1.29 is 9.53 Å². The van der Waals surface area contributed by atoms with Gasteiger partial charge >= 0.3 is 0 Å². The molecular formula is C16H26N2O2. The zero-order valence-corrected chi connectivity index (χ0v) is 12.4. The number of carbonyl (C=O) groups is 1. The molecular weight excluding hydrogens is 252 g/mol. The molecule has 3 aliphatic heterocycles. The van der Waals surface area contributed by atoms with E-state index in [1.807, 2.05) is 0 Å². The molecule has 1 N–H and O–H groups in total. The van der Waals surface area contributed by atoms with E-state index in [1.54, 1.807) is 0 Å². The van der Waals surface area contributed by atoms with Gasteiger partial charge in [0.25, 0.3) is 0 Å². The number of rotatable bonds is 3. The number of carbonyl (C=O) groups excluding carboxylic acids is 1. The van der Waals surface area contributed by atoms with E-state index >= 15 is 0 Å². The number of hydrogen-bond donors (Lipinski definition) is 1. The second kappa shape index (κ2) is 4.70. The van der Waals surface area contributed by atoms with Gasteiger partial charge in [-0.15, -0.1) is 0 Å². The van der Waals surface area contributed by atoms with Crippen LogP contribution in [0.4, 0.5) is 0 Å². The third-order valence-electron chi connectivity index (χ3n) is 5.87. The largest absolute Gasteiger partial charge is 0.373 e. The lowest BCUT2D eigenvalue weighted by atomic mass is 9.92. The zero-order valence-electron chi connectivity index (χ0n) is 12.4. The normalized spacial score (nSPS) is 42.2. The molecule has 2 bridgehead atoms. The van der Waals surface area contributed by atoms with E-state index in [-0.39, 0.29) is 11.7 Å². The number of fused-ring (bicyclic) bond motifs is 2. The minimum absolute atomic E-state index is 0.221. The highest BCUT2D eigenvalue weighted by molar-refractivity contribution is 5.89. The van der Waals surface area contributed by atoms with Gasteiger partial charge in [0.15, 0.2) is 0 Å². The van der Waals surface area contributed by atoms with E-state index in [0.717, 1.165) is 38.5 Å². The van der Waals surface area contributed by atoms with Crippen LogP contribution in [0.5, 0.6) is 0 Å². The van der Waals surface area contributed by atoms with E-state index in [0.29, 0.717) is 24.2 Å². The zero-order chi connectivity index (χ0) is 13.7. The Morgan fingerprint density at radius 1 is 1.35 bits per heavy atom. The minimum atomic E-state index is -0.221. The molecule has 0 radical (unpaired) electrons. The van der Waals surface area contributed by atoms with Crippen molar-refractivity contribution in [2.45, 2.75) is 94.7 Å².